The maximum Gasteiger partial charge on any atom is 0.269 e. The molecule has 0 spiro atoms. The topological polar surface area (TPSA) is 84.4 Å². The van der Waals surface area contributed by atoms with Gasteiger partial charge < -0.3 is 15.0 Å². The van der Waals surface area contributed by atoms with Crippen molar-refractivity contribution in [1.29, 1.82) is 0 Å². The molecule has 7 nitrogen and oxygen atoms in total. The molecule has 3 rings (SSSR count). The molecule has 0 saturated heterocycles. The van der Waals surface area contributed by atoms with Crippen LogP contribution in [0.4, 0.5) is 5.69 Å². The third-order valence-corrected chi connectivity index (χ3v) is 4.18. The first-order valence-electron chi connectivity index (χ1n) is 6.69. The van der Waals surface area contributed by atoms with Crippen molar-refractivity contribution in [2.45, 2.75) is 6.92 Å². The summed E-state index contributed by atoms with van der Waals surface area (Å²) in [7, 11) is 1.72. The van der Waals surface area contributed by atoms with E-state index in [9.17, 15) is 9.59 Å². The molecule has 1 aromatic carbocycles. The van der Waals surface area contributed by atoms with Gasteiger partial charge in [-0.1, -0.05) is 4.49 Å². The van der Waals surface area contributed by atoms with Gasteiger partial charge in [0.15, 0.2) is 0 Å². The SMILES string of the molecule is Cc1nnsc1C(=O)Nc1ccc2c(c1)C(=O)N(C)CCO2. The normalized spacial score (nSPS) is 14.1. The average molecular weight is 318 g/mol. The number of carbonyl (C=O) groups excluding carboxylic acids is 2. The summed E-state index contributed by atoms with van der Waals surface area (Å²) in [6.45, 7) is 2.70. The number of carbonyl (C=O) groups is 2. The largest absolute Gasteiger partial charge is 0.491 e. The van der Waals surface area contributed by atoms with E-state index in [1.54, 1.807) is 37.1 Å². The molecule has 1 aliphatic rings. The molecule has 0 atom stereocenters. The number of nitrogens with zero attached hydrogens (tertiary/aromatic N) is 3. The molecule has 0 saturated carbocycles. The number of aryl methyl sites for hydroxylation is 1. The summed E-state index contributed by atoms with van der Waals surface area (Å²) < 4.78 is 9.29. The van der Waals surface area contributed by atoms with Gasteiger partial charge in [0.25, 0.3) is 11.8 Å². The van der Waals surface area contributed by atoms with E-state index in [2.05, 4.69) is 14.9 Å². The first-order chi connectivity index (χ1) is 10.6. The number of ether oxygens (including phenoxy) is 1. The third-order valence-electron chi connectivity index (χ3n) is 3.36. The maximum absolute atomic E-state index is 12.3. The Morgan fingerprint density at radius 3 is 3.00 bits per heavy atom. The van der Waals surface area contributed by atoms with E-state index < -0.39 is 0 Å². The van der Waals surface area contributed by atoms with E-state index in [1.165, 1.54) is 0 Å². The van der Waals surface area contributed by atoms with Crippen LogP contribution in [0.5, 0.6) is 5.75 Å². The van der Waals surface area contributed by atoms with Crippen LogP contribution in [0.3, 0.4) is 0 Å². The van der Waals surface area contributed by atoms with Gasteiger partial charge in [0.2, 0.25) is 0 Å². The number of benzene rings is 1. The number of rotatable bonds is 2. The quantitative estimate of drug-likeness (QED) is 0.908. The Hall–Kier alpha value is -2.48. The van der Waals surface area contributed by atoms with Crippen molar-refractivity contribution in [2.24, 2.45) is 0 Å². The van der Waals surface area contributed by atoms with Crippen molar-refractivity contribution < 1.29 is 14.3 Å². The highest BCUT2D eigenvalue weighted by Crippen LogP contribution is 2.26. The van der Waals surface area contributed by atoms with Crippen molar-refractivity contribution >= 4 is 29.0 Å². The van der Waals surface area contributed by atoms with Crippen molar-refractivity contribution in [3.8, 4) is 5.75 Å². The van der Waals surface area contributed by atoms with Crippen LogP contribution in [-0.2, 0) is 0 Å². The zero-order chi connectivity index (χ0) is 15.7. The summed E-state index contributed by atoms with van der Waals surface area (Å²) in [5.74, 6) is 0.116. The second kappa shape index (κ2) is 5.72. The van der Waals surface area contributed by atoms with Gasteiger partial charge >= 0.3 is 0 Å². The molecule has 0 bridgehead atoms. The van der Waals surface area contributed by atoms with E-state index in [1.807, 2.05) is 0 Å². The molecule has 1 N–H and O–H groups in total. The number of aromatic nitrogens is 2. The molecule has 0 radical (unpaired) electrons. The highest BCUT2D eigenvalue weighted by molar-refractivity contribution is 7.08. The van der Waals surface area contributed by atoms with E-state index in [4.69, 9.17) is 4.74 Å². The van der Waals surface area contributed by atoms with Crippen molar-refractivity contribution in [2.75, 3.05) is 25.5 Å². The summed E-state index contributed by atoms with van der Waals surface area (Å²) in [6, 6.07) is 5.03. The Morgan fingerprint density at radius 2 is 2.27 bits per heavy atom. The van der Waals surface area contributed by atoms with E-state index in [0.29, 0.717) is 40.7 Å². The van der Waals surface area contributed by atoms with E-state index in [-0.39, 0.29) is 11.8 Å². The molecule has 2 aromatic rings. The highest BCUT2D eigenvalue weighted by atomic mass is 32.1. The van der Waals surface area contributed by atoms with Crippen molar-refractivity contribution in [3.05, 3.63) is 34.3 Å². The number of hydrogen-bond acceptors (Lipinski definition) is 6. The molecule has 2 amide bonds. The lowest BCUT2D eigenvalue weighted by atomic mass is 10.1. The standard InChI is InChI=1S/C14H14N4O3S/c1-8-12(22-17-16-8)13(19)15-9-3-4-11-10(7-9)14(20)18(2)5-6-21-11/h3-4,7H,5-6H2,1-2H3,(H,15,19). The lowest BCUT2D eigenvalue weighted by Gasteiger charge is -2.13. The zero-order valence-corrected chi connectivity index (χ0v) is 12.9. The smallest absolute Gasteiger partial charge is 0.269 e. The molecular weight excluding hydrogens is 304 g/mol. The molecule has 0 aliphatic carbocycles. The fraction of sp³-hybridized carbons (Fsp3) is 0.286. The van der Waals surface area contributed by atoms with Crippen LogP contribution in [0, 0.1) is 6.92 Å². The minimum atomic E-state index is -0.289. The van der Waals surface area contributed by atoms with Gasteiger partial charge in [0.05, 0.1) is 17.8 Å². The predicted octanol–water partition coefficient (Wildman–Crippen LogP) is 1.56. The molecule has 1 aromatic heterocycles. The maximum atomic E-state index is 12.3. The van der Waals surface area contributed by atoms with Crippen LogP contribution in [0.15, 0.2) is 18.2 Å². The van der Waals surface area contributed by atoms with Gasteiger partial charge in [-0.25, -0.2) is 0 Å². The minimum Gasteiger partial charge on any atom is -0.491 e. The summed E-state index contributed by atoms with van der Waals surface area (Å²) >= 11 is 1.04. The van der Waals surface area contributed by atoms with Gasteiger partial charge in [0.1, 0.15) is 17.2 Å². The number of likely N-dealkylation sites (N-methyl/N-ethyl adjacent to an activating group) is 1. The summed E-state index contributed by atoms with van der Waals surface area (Å²) in [5.41, 5.74) is 1.55. The third kappa shape index (κ3) is 2.64. The highest BCUT2D eigenvalue weighted by Gasteiger charge is 2.22. The Kier molecular flexibility index (Phi) is 3.76. The Morgan fingerprint density at radius 1 is 1.45 bits per heavy atom. The van der Waals surface area contributed by atoms with Crippen LogP contribution in [-0.4, -0.2) is 46.5 Å². The van der Waals surface area contributed by atoms with Crippen molar-refractivity contribution in [3.63, 3.8) is 0 Å². The van der Waals surface area contributed by atoms with Gasteiger partial charge in [-0.05, 0) is 36.7 Å². The first kappa shape index (κ1) is 14.5. The molecule has 1 aliphatic heterocycles. The first-order valence-corrected chi connectivity index (χ1v) is 7.46. The Balaban J connectivity index is 1.87. The van der Waals surface area contributed by atoms with Gasteiger partial charge in [-0.15, -0.1) is 5.10 Å². The predicted molar refractivity (Wildman–Crippen MR) is 81.5 cm³/mol. The summed E-state index contributed by atoms with van der Waals surface area (Å²) in [5, 5.41) is 6.57. The van der Waals surface area contributed by atoms with Gasteiger partial charge in [-0.3, -0.25) is 9.59 Å². The van der Waals surface area contributed by atoms with E-state index >= 15 is 0 Å². The minimum absolute atomic E-state index is 0.126. The number of fused-ring (bicyclic) bond motifs is 1. The number of nitrogens with one attached hydrogen (secondary N) is 1. The molecular formula is C14H14N4O3S. The molecule has 22 heavy (non-hydrogen) atoms. The molecule has 8 heteroatoms. The van der Waals surface area contributed by atoms with Crippen LogP contribution in [0.25, 0.3) is 0 Å². The van der Waals surface area contributed by atoms with Crippen LogP contribution in [0.2, 0.25) is 0 Å². The van der Waals surface area contributed by atoms with Crippen LogP contribution < -0.4 is 10.1 Å². The monoisotopic (exact) mass is 318 g/mol. The molecule has 2 heterocycles. The number of amides is 2. The number of hydrogen-bond donors (Lipinski definition) is 1. The Bertz CT molecular complexity index is 743. The molecule has 0 fully saturated rings. The summed E-state index contributed by atoms with van der Waals surface area (Å²) in [4.78, 5) is 26.5. The average Bonchev–Trinajstić information content (AvgIpc) is 2.88. The summed E-state index contributed by atoms with van der Waals surface area (Å²) in [6.07, 6.45) is 0. The second-order valence-corrected chi connectivity index (χ2v) is 5.68. The fourth-order valence-corrected chi connectivity index (χ4v) is 2.68. The molecule has 0 unspecified atom stereocenters. The second-order valence-electron chi connectivity index (χ2n) is 4.93. The number of anilines is 1. The van der Waals surface area contributed by atoms with Crippen LogP contribution >= 0.6 is 11.5 Å². The van der Waals surface area contributed by atoms with E-state index in [0.717, 1.165) is 11.5 Å². The van der Waals surface area contributed by atoms with Gasteiger partial charge in [0, 0.05) is 12.7 Å². The fourth-order valence-electron chi connectivity index (χ4n) is 2.13. The lowest BCUT2D eigenvalue weighted by molar-refractivity contribution is 0.0796. The van der Waals surface area contributed by atoms with Gasteiger partial charge in [-0.2, -0.15) is 0 Å². The molecule has 114 valence electrons. The lowest BCUT2D eigenvalue weighted by Crippen LogP contribution is -2.27. The van der Waals surface area contributed by atoms with Crippen LogP contribution in [0.1, 0.15) is 25.7 Å². The van der Waals surface area contributed by atoms with Crippen molar-refractivity contribution in [1.82, 2.24) is 14.5 Å². The zero-order valence-electron chi connectivity index (χ0n) is 12.1. The Labute approximate surface area is 131 Å².